The molecule has 17 heavy (non-hydrogen) atoms. The van der Waals surface area contributed by atoms with Gasteiger partial charge in [0.1, 0.15) is 5.82 Å². The molecule has 0 spiro atoms. The zero-order valence-corrected chi connectivity index (χ0v) is 10.1. The van der Waals surface area contributed by atoms with Crippen LogP contribution in [0.5, 0.6) is 0 Å². The molecule has 0 radical (unpaired) electrons. The van der Waals surface area contributed by atoms with Crippen LogP contribution >= 0.6 is 0 Å². The van der Waals surface area contributed by atoms with Crippen LogP contribution in [0.4, 0.5) is 5.82 Å². The summed E-state index contributed by atoms with van der Waals surface area (Å²) in [6.45, 7) is 4.86. The van der Waals surface area contributed by atoms with E-state index in [1.165, 1.54) is 5.56 Å². The standard InChI is InChI=1S/C12H20N4O/c1-9-7-16(5-3-11(9)17)8-10-2-4-14-12(6-10)15-13/h2,4,6,9,11,17H,3,5,7-8,13H2,1H3,(H,14,15). The van der Waals surface area contributed by atoms with Crippen molar-refractivity contribution < 1.29 is 5.11 Å². The monoisotopic (exact) mass is 236 g/mol. The maximum Gasteiger partial charge on any atom is 0.140 e. The Morgan fingerprint density at radius 3 is 3.18 bits per heavy atom. The van der Waals surface area contributed by atoms with E-state index < -0.39 is 0 Å². The first kappa shape index (κ1) is 12.3. The van der Waals surface area contributed by atoms with Crippen LogP contribution in [0.3, 0.4) is 0 Å². The fourth-order valence-electron chi connectivity index (χ4n) is 2.27. The molecule has 2 atom stereocenters. The zero-order valence-electron chi connectivity index (χ0n) is 10.1. The molecule has 1 aromatic heterocycles. The predicted octanol–water partition coefficient (Wildman–Crippen LogP) is 0.570. The molecule has 1 aliphatic rings. The van der Waals surface area contributed by atoms with E-state index >= 15 is 0 Å². The lowest BCUT2D eigenvalue weighted by molar-refractivity contribution is 0.0320. The number of nitrogens with zero attached hydrogens (tertiary/aromatic N) is 2. The molecule has 1 aliphatic heterocycles. The maximum absolute atomic E-state index is 9.68. The van der Waals surface area contributed by atoms with Crippen LogP contribution in [-0.4, -0.2) is 34.2 Å². The second kappa shape index (κ2) is 5.44. The number of aromatic nitrogens is 1. The molecule has 5 heteroatoms. The fraction of sp³-hybridized carbons (Fsp3) is 0.583. The molecule has 1 fully saturated rings. The van der Waals surface area contributed by atoms with E-state index in [4.69, 9.17) is 5.84 Å². The van der Waals surface area contributed by atoms with Gasteiger partial charge in [0.25, 0.3) is 0 Å². The van der Waals surface area contributed by atoms with Gasteiger partial charge >= 0.3 is 0 Å². The van der Waals surface area contributed by atoms with Crippen molar-refractivity contribution in [1.82, 2.24) is 9.88 Å². The maximum atomic E-state index is 9.68. The average Bonchev–Trinajstić information content (AvgIpc) is 2.34. The molecule has 94 valence electrons. The third-order valence-corrected chi connectivity index (χ3v) is 3.32. The summed E-state index contributed by atoms with van der Waals surface area (Å²) in [6, 6.07) is 3.95. The molecule has 5 nitrogen and oxygen atoms in total. The van der Waals surface area contributed by atoms with Gasteiger partial charge in [-0.25, -0.2) is 10.8 Å². The number of aliphatic hydroxyl groups is 1. The van der Waals surface area contributed by atoms with Gasteiger partial charge in [-0.05, 0) is 30.0 Å². The minimum Gasteiger partial charge on any atom is -0.393 e. The van der Waals surface area contributed by atoms with Crippen LogP contribution in [0.15, 0.2) is 18.3 Å². The molecule has 1 saturated heterocycles. The highest BCUT2D eigenvalue weighted by molar-refractivity contribution is 5.35. The third-order valence-electron chi connectivity index (χ3n) is 3.32. The first-order valence-electron chi connectivity index (χ1n) is 6.01. The van der Waals surface area contributed by atoms with Crippen molar-refractivity contribution in [3.8, 4) is 0 Å². The van der Waals surface area contributed by atoms with Crippen molar-refractivity contribution in [2.75, 3.05) is 18.5 Å². The van der Waals surface area contributed by atoms with E-state index in [9.17, 15) is 5.11 Å². The van der Waals surface area contributed by atoms with E-state index in [0.717, 1.165) is 26.1 Å². The molecule has 2 rings (SSSR count). The van der Waals surface area contributed by atoms with E-state index in [0.29, 0.717) is 11.7 Å². The Morgan fingerprint density at radius 2 is 2.47 bits per heavy atom. The van der Waals surface area contributed by atoms with Crippen LogP contribution in [-0.2, 0) is 6.54 Å². The van der Waals surface area contributed by atoms with E-state index in [-0.39, 0.29) is 6.10 Å². The minimum atomic E-state index is -0.148. The Kier molecular flexibility index (Phi) is 3.93. The number of hydrogen-bond donors (Lipinski definition) is 3. The van der Waals surface area contributed by atoms with Gasteiger partial charge in [0.2, 0.25) is 0 Å². The normalized spacial score (nSPS) is 25.8. The number of likely N-dealkylation sites (tertiary alicyclic amines) is 1. The minimum absolute atomic E-state index is 0.148. The Balaban J connectivity index is 1.96. The molecule has 1 aromatic rings. The van der Waals surface area contributed by atoms with Gasteiger partial charge in [-0.3, -0.25) is 4.90 Å². The van der Waals surface area contributed by atoms with Gasteiger partial charge in [-0.15, -0.1) is 0 Å². The number of nitrogens with one attached hydrogen (secondary N) is 1. The molecular weight excluding hydrogens is 216 g/mol. The molecule has 0 saturated carbocycles. The zero-order chi connectivity index (χ0) is 12.3. The average molecular weight is 236 g/mol. The summed E-state index contributed by atoms with van der Waals surface area (Å²) in [6.07, 6.45) is 2.46. The summed E-state index contributed by atoms with van der Waals surface area (Å²) in [5.74, 6) is 6.37. The topological polar surface area (TPSA) is 74.4 Å². The highest BCUT2D eigenvalue weighted by atomic mass is 16.3. The molecule has 4 N–H and O–H groups in total. The number of pyridine rings is 1. The van der Waals surface area contributed by atoms with Crippen molar-refractivity contribution in [3.63, 3.8) is 0 Å². The van der Waals surface area contributed by atoms with Crippen molar-refractivity contribution in [2.45, 2.75) is 26.0 Å². The Hall–Kier alpha value is -1.17. The summed E-state index contributed by atoms with van der Waals surface area (Å²) >= 11 is 0. The Labute approximate surface area is 102 Å². The number of hydrazine groups is 1. The Morgan fingerprint density at radius 1 is 1.65 bits per heavy atom. The number of nitrogens with two attached hydrogens (primary N) is 1. The number of anilines is 1. The fourth-order valence-corrected chi connectivity index (χ4v) is 2.27. The van der Waals surface area contributed by atoms with Crippen LogP contribution < -0.4 is 11.3 Å². The van der Waals surface area contributed by atoms with Crippen molar-refractivity contribution in [3.05, 3.63) is 23.9 Å². The largest absolute Gasteiger partial charge is 0.393 e. The van der Waals surface area contributed by atoms with Gasteiger partial charge < -0.3 is 10.5 Å². The van der Waals surface area contributed by atoms with Crippen LogP contribution in [0.2, 0.25) is 0 Å². The molecular formula is C12H20N4O. The molecule has 0 aromatic carbocycles. The lowest BCUT2D eigenvalue weighted by Crippen LogP contribution is -2.41. The van der Waals surface area contributed by atoms with Gasteiger partial charge in [0.05, 0.1) is 6.10 Å². The van der Waals surface area contributed by atoms with Crippen LogP contribution in [0.25, 0.3) is 0 Å². The van der Waals surface area contributed by atoms with Crippen LogP contribution in [0.1, 0.15) is 18.9 Å². The van der Waals surface area contributed by atoms with E-state index in [1.807, 2.05) is 12.1 Å². The van der Waals surface area contributed by atoms with Gasteiger partial charge in [0.15, 0.2) is 0 Å². The molecule has 2 heterocycles. The van der Waals surface area contributed by atoms with Gasteiger partial charge in [0, 0.05) is 25.8 Å². The smallest absolute Gasteiger partial charge is 0.140 e. The van der Waals surface area contributed by atoms with Gasteiger partial charge in [-0.1, -0.05) is 6.92 Å². The number of piperidine rings is 1. The highest BCUT2D eigenvalue weighted by Gasteiger charge is 2.23. The summed E-state index contributed by atoms with van der Waals surface area (Å²) in [4.78, 5) is 6.44. The molecule has 2 unspecified atom stereocenters. The first-order valence-corrected chi connectivity index (χ1v) is 6.01. The lowest BCUT2D eigenvalue weighted by Gasteiger charge is -2.34. The highest BCUT2D eigenvalue weighted by Crippen LogP contribution is 2.19. The Bertz CT molecular complexity index is 371. The molecule has 0 aliphatic carbocycles. The lowest BCUT2D eigenvalue weighted by atomic mass is 9.96. The first-order chi connectivity index (χ1) is 8.19. The number of rotatable bonds is 3. The van der Waals surface area contributed by atoms with E-state index in [2.05, 4.69) is 22.2 Å². The quantitative estimate of drug-likeness (QED) is 0.528. The van der Waals surface area contributed by atoms with Crippen molar-refractivity contribution in [2.24, 2.45) is 11.8 Å². The summed E-state index contributed by atoms with van der Waals surface area (Å²) < 4.78 is 0. The van der Waals surface area contributed by atoms with Crippen LogP contribution in [0, 0.1) is 5.92 Å². The number of nitrogen functional groups attached to an aromatic ring is 1. The number of aliphatic hydroxyl groups excluding tert-OH is 1. The van der Waals surface area contributed by atoms with Gasteiger partial charge in [-0.2, -0.15) is 0 Å². The summed E-state index contributed by atoms with van der Waals surface area (Å²) in [5.41, 5.74) is 3.74. The predicted molar refractivity (Wildman–Crippen MR) is 67.1 cm³/mol. The molecule has 0 bridgehead atoms. The second-order valence-electron chi connectivity index (χ2n) is 4.76. The van der Waals surface area contributed by atoms with Crippen molar-refractivity contribution >= 4 is 5.82 Å². The third kappa shape index (κ3) is 3.15. The van der Waals surface area contributed by atoms with Crippen molar-refractivity contribution in [1.29, 1.82) is 0 Å². The SMILES string of the molecule is CC1CN(Cc2ccnc(NN)c2)CCC1O. The molecule has 0 amide bonds. The second-order valence-corrected chi connectivity index (χ2v) is 4.76. The number of hydrogen-bond acceptors (Lipinski definition) is 5. The summed E-state index contributed by atoms with van der Waals surface area (Å²) in [5, 5.41) is 9.68. The van der Waals surface area contributed by atoms with E-state index in [1.54, 1.807) is 6.20 Å². The summed E-state index contributed by atoms with van der Waals surface area (Å²) in [7, 11) is 0.